The Balaban J connectivity index is 1.40. The third kappa shape index (κ3) is 4.99. The van der Waals surface area contributed by atoms with Gasteiger partial charge in [0.25, 0.3) is 5.56 Å². The third-order valence-corrected chi connectivity index (χ3v) is 6.39. The fraction of sp³-hybridized carbons (Fsp3) is 0.130. The number of benzene rings is 2. The summed E-state index contributed by atoms with van der Waals surface area (Å²) in [6.45, 7) is 0.936. The Morgan fingerprint density at radius 3 is 2.39 bits per heavy atom. The van der Waals surface area contributed by atoms with E-state index in [2.05, 4.69) is 9.71 Å². The van der Waals surface area contributed by atoms with E-state index >= 15 is 0 Å². The van der Waals surface area contributed by atoms with Crippen molar-refractivity contribution in [1.29, 1.82) is 0 Å². The van der Waals surface area contributed by atoms with E-state index in [0.717, 1.165) is 11.3 Å². The molecular weight excluding hydrogens is 412 g/mol. The van der Waals surface area contributed by atoms with Crippen LogP contribution in [0.1, 0.15) is 11.3 Å². The Kier molecular flexibility index (Phi) is 6.11. The van der Waals surface area contributed by atoms with Crippen LogP contribution in [0.15, 0.2) is 101 Å². The monoisotopic (exact) mass is 434 g/mol. The predicted octanol–water partition coefficient (Wildman–Crippen LogP) is 2.60. The second kappa shape index (κ2) is 9.11. The molecule has 2 aromatic carbocycles. The van der Waals surface area contributed by atoms with Gasteiger partial charge < -0.3 is 4.57 Å². The van der Waals surface area contributed by atoms with Gasteiger partial charge in [0, 0.05) is 49.4 Å². The lowest BCUT2D eigenvalue weighted by Gasteiger charge is -2.10. The molecule has 0 spiro atoms. The lowest BCUT2D eigenvalue weighted by Crippen LogP contribution is -2.26. The molecule has 0 radical (unpaired) electrons. The molecule has 0 unspecified atom stereocenters. The zero-order valence-electron chi connectivity index (χ0n) is 16.8. The highest BCUT2D eigenvalue weighted by Gasteiger charge is 2.14. The average Bonchev–Trinajstić information content (AvgIpc) is 3.21. The van der Waals surface area contributed by atoms with Crippen LogP contribution in [0.4, 0.5) is 0 Å². The number of nitrogens with one attached hydrogen (secondary N) is 1. The number of hydrogen-bond acceptors (Lipinski definition) is 4. The van der Waals surface area contributed by atoms with Crippen molar-refractivity contribution < 1.29 is 8.42 Å². The average molecular weight is 435 g/mol. The van der Waals surface area contributed by atoms with Gasteiger partial charge in [-0.2, -0.15) is 0 Å². The maximum absolute atomic E-state index is 12.6. The fourth-order valence-electron chi connectivity index (χ4n) is 3.30. The number of imidazole rings is 1. The molecule has 31 heavy (non-hydrogen) atoms. The Morgan fingerprint density at radius 2 is 1.65 bits per heavy atom. The van der Waals surface area contributed by atoms with Crippen molar-refractivity contribution in [3.63, 3.8) is 0 Å². The SMILES string of the molecule is O=c1ccccn1-c1ccc(S(=O)(=O)NCCc2cncn2Cc2ccccc2)cc1. The number of sulfonamides is 1. The molecule has 7 nitrogen and oxygen atoms in total. The van der Waals surface area contributed by atoms with Crippen molar-refractivity contribution in [3.05, 3.63) is 113 Å². The summed E-state index contributed by atoms with van der Waals surface area (Å²) >= 11 is 0. The van der Waals surface area contributed by atoms with Crippen LogP contribution in [0.2, 0.25) is 0 Å². The van der Waals surface area contributed by atoms with E-state index in [-0.39, 0.29) is 17.0 Å². The molecule has 8 heteroatoms. The summed E-state index contributed by atoms with van der Waals surface area (Å²) in [5.74, 6) is 0. The van der Waals surface area contributed by atoms with Gasteiger partial charge >= 0.3 is 0 Å². The fourth-order valence-corrected chi connectivity index (χ4v) is 4.33. The molecule has 4 aromatic rings. The summed E-state index contributed by atoms with van der Waals surface area (Å²) in [6, 6.07) is 21.1. The minimum Gasteiger partial charge on any atom is -0.330 e. The van der Waals surface area contributed by atoms with Crippen LogP contribution in [0, 0.1) is 0 Å². The van der Waals surface area contributed by atoms with Gasteiger partial charge in [-0.25, -0.2) is 18.1 Å². The number of rotatable bonds is 8. The Labute approximate surface area is 180 Å². The zero-order chi connectivity index (χ0) is 21.7. The van der Waals surface area contributed by atoms with Crippen molar-refractivity contribution in [1.82, 2.24) is 18.8 Å². The van der Waals surface area contributed by atoms with Crippen LogP contribution in [0.5, 0.6) is 0 Å². The molecule has 1 N–H and O–H groups in total. The maximum atomic E-state index is 12.6. The molecule has 0 atom stereocenters. The number of aromatic nitrogens is 3. The second-order valence-corrected chi connectivity index (χ2v) is 8.82. The highest BCUT2D eigenvalue weighted by atomic mass is 32.2. The van der Waals surface area contributed by atoms with E-state index in [1.807, 2.05) is 34.9 Å². The molecule has 0 aliphatic carbocycles. The molecule has 0 amide bonds. The van der Waals surface area contributed by atoms with Gasteiger partial charge in [-0.3, -0.25) is 9.36 Å². The molecule has 0 bridgehead atoms. The van der Waals surface area contributed by atoms with Gasteiger partial charge in [0.05, 0.1) is 11.2 Å². The third-order valence-electron chi connectivity index (χ3n) is 4.92. The molecular formula is C23H22N4O3S. The number of pyridine rings is 1. The van der Waals surface area contributed by atoms with Crippen LogP contribution < -0.4 is 10.3 Å². The summed E-state index contributed by atoms with van der Waals surface area (Å²) in [5.41, 5.74) is 2.53. The summed E-state index contributed by atoms with van der Waals surface area (Å²) in [4.78, 5) is 16.3. The summed E-state index contributed by atoms with van der Waals surface area (Å²) < 4.78 is 31.4. The molecule has 0 aliphatic rings. The molecule has 2 heterocycles. The van der Waals surface area contributed by atoms with Crippen molar-refractivity contribution in [2.75, 3.05) is 6.54 Å². The largest absolute Gasteiger partial charge is 0.330 e. The summed E-state index contributed by atoms with van der Waals surface area (Å²) in [6.07, 6.45) is 5.66. The zero-order valence-corrected chi connectivity index (χ0v) is 17.6. The first-order chi connectivity index (χ1) is 15.0. The topological polar surface area (TPSA) is 86.0 Å². The lowest BCUT2D eigenvalue weighted by molar-refractivity contribution is 0.580. The molecule has 0 saturated carbocycles. The Morgan fingerprint density at radius 1 is 0.903 bits per heavy atom. The van der Waals surface area contributed by atoms with Crippen molar-refractivity contribution in [3.8, 4) is 5.69 Å². The highest BCUT2D eigenvalue weighted by molar-refractivity contribution is 7.89. The molecule has 4 rings (SSSR count). The van der Waals surface area contributed by atoms with Gasteiger partial charge in [-0.15, -0.1) is 0 Å². The van der Waals surface area contributed by atoms with E-state index in [1.54, 1.807) is 43.0 Å². The van der Waals surface area contributed by atoms with Gasteiger partial charge in [0.2, 0.25) is 10.0 Å². The quantitative estimate of drug-likeness (QED) is 0.462. The van der Waals surface area contributed by atoms with Crippen LogP contribution >= 0.6 is 0 Å². The summed E-state index contributed by atoms with van der Waals surface area (Å²) in [5, 5.41) is 0. The summed E-state index contributed by atoms with van der Waals surface area (Å²) in [7, 11) is -3.66. The smallest absolute Gasteiger partial charge is 0.255 e. The molecule has 0 fully saturated rings. The number of hydrogen-bond donors (Lipinski definition) is 1. The highest BCUT2D eigenvalue weighted by Crippen LogP contribution is 2.13. The van der Waals surface area contributed by atoms with Crippen molar-refractivity contribution in [2.45, 2.75) is 17.9 Å². The predicted molar refractivity (Wildman–Crippen MR) is 119 cm³/mol. The Bertz CT molecular complexity index is 1310. The standard InChI is InChI=1S/C23H22N4O3S/c28-23-8-4-5-15-27(23)20-9-11-22(12-10-20)31(29,30)25-14-13-21-16-24-18-26(21)17-19-6-2-1-3-7-19/h1-12,15-16,18,25H,13-14,17H2. The Hall–Kier alpha value is -3.49. The first-order valence-corrected chi connectivity index (χ1v) is 11.3. The van der Waals surface area contributed by atoms with E-state index in [0.29, 0.717) is 18.7 Å². The molecule has 158 valence electrons. The van der Waals surface area contributed by atoms with Gasteiger partial charge in [-0.05, 0) is 35.9 Å². The number of nitrogens with zero attached hydrogens (tertiary/aromatic N) is 3. The first-order valence-electron chi connectivity index (χ1n) is 9.84. The minimum atomic E-state index is -3.66. The van der Waals surface area contributed by atoms with Crippen LogP contribution in [0.25, 0.3) is 5.69 Å². The first kappa shape index (κ1) is 20.8. The van der Waals surface area contributed by atoms with Gasteiger partial charge in [0.15, 0.2) is 0 Å². The lowest BCUT2D eigenvalue weighted by atomic mass is 10.2. The van der Waals surface area contributed by atoms with Crippen LogP contribution in [0.3, 0.4) is 0 Å². The second-order valence-electron chi connectivity index (χ2n) is 7.05. The van der Waals surface area contributed by atoms with E-state index in [9.17, 15) is 13.2 Å². The minimum absolute atomic E-state index is 0.151. The van der Waals surface area contributed by atoms with Gasteiger partial charge in [0.1, 0.15) is 0 Å². The van der Waals surface area contributed by atoms with Crippen molar-refractivity contribution >= 4 is 10.0 Å². The van der Waals surface area contributed by atoms with E-state index in [1.165, 1.54) is 22.8 Å². The maximum Gasteiger partial charge on any atom is 0.255 e. The molecule has 2 aromatic heterocycles. The van der Waals surface area contributed by atoms with Crippen LogP contribution in [-0.4, -0.2) is 29.1 Å². The van der Waals surface area contributed by atoms with Crippen LogP contribution in [-0.2, 0) is 23.0 Å². The van der Waals surface area contributed by atoms with Crippen molar-refractivity contribution in [2.24, 2.45) is 0 Å². The molecule has 0 saturated heterocycles. The molecule has 0 aliphatic heterocycles. The normalized spacial score (nSPS) is 11.5. The van der Waals surface area contributed by atoms with Gasteiger partial charge in [-0.1, -0.05) is 36.4 Å². The van der Waals surface area contributed by atoms with E-state index in [4.69, 9.17) is 0 Å². The van der Waals surface area contributed by atoms with E-state index < -0.39 is 10.0 Å².